The molecule has 0 amide bonds. The van der Waals surface area contributed by atoms with E-state index in [1.807, 2.05) is 45.0 Å². The van der Waals surface area contributed by atoms with Crippen LogP contribution in [0, 0.1) is 13.8 Å². The topological polar surface area (TPSA) is 52.5 Å². The van der Waals surface area contributed by atoms with Gasteiger partial charge in [0.15, 0.2) is 6.10 Å². The SMILES string of the molecule is COC(=O)C(OC(C)(C)C)c1c(C)c2c3c(cc(C)n3CCN2)c1-c1ccc(Cl)cc1. The minimum Gasteiger partial charge on any atom is -0.467 e. The van der Waals surface area contributed by atoms with Crippen molar-refractivity contribution in [2.24, 2.45) is 0 Å². The second-order valence-corrected chi connectivity index (χ2v) is 9.49. The van der Waals surface area contributed by atoms with E-state index >= 15 is 0 Å². The molecule has 1 aromatic heterocycles. The number of halogens is 1. The maximum absolute atomic E-state index is 13.0. The molecule has 2 aromatic carbocycles. The number of nitrogens with zero attached hydrogens (tertiary/aromatic N) is 1. The molecule has 1 aliphatic rings. The number of carbonyl (C=O) groups is 1. The molecule has 1 unspecified atom stereocenters. The molecule has 1 atom stereocenters. The van der Waals surface area contributed by atoms with Crippen molar-refractivity contribution >= 4 is 34.2 Å². The lowest BCUT2D eigenvalue weighted by atomic mass is 9.87. The van der Waals surface area contributed by atoms with Crippen LogP contribution < -0.4 is 5.32 Å². The smallest absolute Gasteiger partial charge is 0.339 e. The van der Waals surface area contributed by atoms with Crippen molar-refractivity contribution in [1.29, 1.82) is 0 Å². The minimum absolute atomic E-state index is 0.410. The Labute approximate surface area is 188 Å². The Balaban J connectivity index is 2.12. The molecule has 4 rings (SSSR count). The summed E-state index contributed by atoms with van der Waals surface area (Å²) in [5.41, 5.74) is 6.67. The summed E-state index contributed by atoms with van der Waals surface area (Å²) in [4.78, 5) is 13.0. The fraction of sp³-hybridized carbons (Fsp3) is 0.400. The van der Waals surface area contributed by atoms with Crippen LogP contribution in [0.5, 0.6) is 0 Å². The van der Waals surface area contributed by atoms with Crippen molar-refractivity contribution in [3.8, 4) is 11.1 Å². The highest BCUT2D eigenvalue weighted by atomic mass is 35.5. The summed E-state index contributed by atoms with van der Waals surface area (Å²) in [6, 6.07) is 9.95. The van der Waals surface area contributed by atoms with Crippen molar-refractivity contribution in [3.05, 3.63) is 52.2 Å². The van der Waals surface area contributed by atoms with Gasteiger partial charge in [-0.3, -0.25) is 0 Å². The van der Waals surface area contributed by atoms with Gasteiger partial charge in [0.2, 0.25) is 0 Å². The second-order valence-electron chi connectivity index (χ2n) is 9.06. The molecule has 31 heavy (non-hydrogen) atoms. The monoisotopic (exact) mass is 440 g/mol. The van der Waals surface area contributed by atoms with Crippen LogP contribution in [0.25, 0.3) is 22.0 Å². The Morgan fingerprint density at radius 1 is 1.19 bits per heavy atom. The van der Waals surface area contributed by atoms with Gasteiger partial charge in [0, 0.05) is 34.8 Å². The molecule has 164 valence electrons. The number of hydrogen-bond acceptors (Lipinski definition) is 4. The molecule has 0 spiro atoms. The Kier molecular flexibility index (Phi) is 5.52. The molecular formula is C25H29ClN2O3. The van der Waals surface area contributed by atoms with E-state index in [-0.39, 0.29) is 0 Å². The van der Waals surface area contributed by atoms with E-state index in [1.54, 1.807) is 0 Å². The Bertz CT molecular complexity index is 1160. The number of aryl methyl sites for hydroxylation is 1. The van der Waals surface area contributed by atoms with Crippen molar-refractivity contribution in [2.75, 3.05) is 19.0 Å². The van der Waals surface area contributed by atoms with Gasteiger partial charge in [-0.1, -0.05) is 23.7 Å². The number of ether oxygens (including phenoxy) is 2. The molecule has 0 saturated heterocycles. The van der Waals surface area contributed by atoms with Crippen molar-refractivity contribution < 1.29 is 14.3 Å². The zero-order valence-electron chi connectivity index (χ0n) is 18.9. The van der Waals surface area contributed by atoms with E-state index < -0.39 is 17.7 Å². The number of anilines is 1. The van der Waals surface area contributed by atoms with Gasteiger partial charge in [-0.2, -0.15) is 0 Å². The number of methoxy groups -OCH3 is 1. The van der Waals surface area contributed by atoms with Crippen molar-refractivity contribution in [2.45, 2.75) is 52.9 Å². The van der Waals surface area contributed by atoms with E-state index in [9.17, 15) is 4.79 Å². The number of rotatable bonds is 4. The maximum Gasteiger partial charge on any atom is 0.339 e. The van der Waals surface area contributed by atoms with Crippen LogP contribution in [0.4, 0.5) is 5.69 Å². The van der Waals surface area contributed by atoms with Gasteiger partial charge >= 0.3 is 5.97 Å². The molecule has 0 radical (unpaired) electrons. The summed E-state index contributed by atoms with van der Waals surface area (Å²) in [5.74, 6) is -0.410. The molecule has 1 aliphatic heterocycles. The Morgan fingerprint density at radius 3 is 2.48 bits per heavy atom. The summed E-state index contributed by atoms with van der Waals surface area (Å²) in [6.07, 6.45) is -0.858. The first-order chi connectivity index (χ1) is 14.6. The first kappa shape index (κ1) is 21.7. The average Bonchev–Trinajstić information content (AvgIpc) is 3.06. The van der Waals surface area contributed by atoms with E-state index in [1.165, 1.54) is 12.8 Å². The number of hydrogen-bond donors (Lipinski definition) is 1. The molecule has 6 heteroatoms. The van der Waals surface area contributed by atoms with Gasteiger partial charge < -0.3 is 19.4 Å². The summed E-state index contributed by atoms with van der Waals surface area (Å²) >= 11 is 6.18. The minimum atomic E-state index is -0.858. The van der Waals surface area contributed by atoms with Gasteiger partial charge in [-0.25, -0.2) is 4.79 Å². The van der Waals surface area contributed by atoms with Crippen LogP contribution in [-0.4, -0.2) is 29.8 Å². The summed E-state index contributed by atoms with van der Waals surface area (Å²) in [5, 5.41) is 5.32. The zero-order valence-corrected chi connectivity index (χ0v) is 19.7. The second kappa shape index (κ2) is 7.88. The number of aromatic nitrogens is 1. The van der Waals surface area contributed by atoms with E-state index in [4.69, 9.17) is 21.1 Å². The Morgan fingerprint density at radius 2 is 1.87 bits per heavy atom. The molecule has 2 heterocycles. The lowest BCUT2D eigenvalue weighted by Crippen LogP contribution is -2.29. The predicted molar refractivity (Wildman–Crippen MR) is 126 cm³/mol. The van der Waals surface area contributed by atoms with Crippen molar-refractivity contribution in [1.82, 2.24) is 4.57 Å². The summed E-state index contributed by atoms with van der Waals surface area (Å²) in [7, 11) is 1.40. The fourth-order valence-electron chi connectivity index (χ4n) is 4.52. The van der Waals surface area contributed by atoms with E-state index in [0.29, 0.717) is 5.02 Å². The van der Waals surface area contributed by atoms with Crippen LogP contribution in [0.15, 0.2) is 30.3 Å². The highest BCUT2D eigenvalue weighted by molar-refractivity contribution is 6.30. The van der Waals surface area contributed by atoms with Gasteiger partial charge in [-0.05, 0) is 69.5 Å². The van der Waals surface area contributed by atoms with Crippen LogP contribution in [0.1, 0.15) is 43.7 Å². The van der Waals surface area contributed by atoms with Gasteiger partial charge in [0.05, 0.1) is 23.9 Å². The molecule has 0 bridgehead atoms. The lowest BCUT2D eigenvalue weighted by Gasteiger charge is -2.31. The molecule has 0 aliphatic carbocycles. The highest BCUT2D eigenvalue weighted by Crippen LogP contribution is 2.46. The quantitative estimate of drug-likeness (QED) is 0.503. The third-order valence-corrected chi connectivity index (χ3v) is 6.03. The zero-order chi connectivity index (χ0) is 22.5. The van der Waals surface area contributed by atoms with Crippen LogP contribution in [0.3, 0.4) is 0 Å². The van der Waals surface area contributed by atoms with Gasteiger partial charge in [0.25, 0.3) is 0 Å². The lowest BCUT2D eigenvalue weighted by molar-refractivity contribution is -0.164. The molecule has 0 fully saturated rings. The predicted octanol–water partition coefficient (Wildman–Crippen LogP) is 6.03. The summed E-state index contributed by atoms with van der Waals surface area (Å²) in [6.45, 7) is 11.8. The fourth-order valence-corrected chi connectivity index (χ4v) is 4.65. The molecular weight excluding hydrogens is 412 g/mol. The van der Waals surface area contributed by atoms with Crippen LogP contribution >= 0.6 is 11.6 Å². The third kappa shape index (κ3) is 3.81. The maximum atomic E-state index is 13.0. The number of carbonyl (C=O) groups excluding carboxylic acids is 1. The first-order valence-corrected chi connectivity index (χ1v) is 10.9. The van der Waals surface area contributed by atoms with E-state index in [0.717, 1.165) is 51.9 Å². The Hall–Kier alpha value is -2.50. The van der Waals surface area contributed by atoms with Crippen LogP contribution in [-0.2, 0) is 20.8 Å². The molecule has 0 saturated carbocycles. The first-order valence-electron chi connectivity index (χ1n) is 10.5. The average molecular weight is 441 g/mol. The molecule has 5 nitrogen and oxygen atoms in total. The standard InChI is InChI=1S/C25H29ClN2O3/c1-14-13-18-20(16-7-9-17(26)10-8-16)19(23(24(29)30-6)31-25(3,4)5)15(2)21-22(18)28(14)12-11-27-21/h7-10,13,23,27H,11-12H2,1-6H3. The van der Waals surface area contributed by atoms with E-state index in [2.05, 4.69) is 29.8 Å². The van der Waals surface area contributed by atoms with Crippen molar-refractivity contribution in [3.63, 3.8) is 0 Å². The number of esters is 1. The third-order valence-electron chi connectivity index (χ3n) is 5.78. The largest absolute Gasteiger partial charge is 0.467 e. The molecule has 3 aromatic rings. The number of nitrogens with one attached hydrogen (secondary N) is 1. The normalized spacial score (nSPS) is 14.4. The van der Waals surface area contributed by atoms with Gasteiger partial charge in [0.1, 0.15) is 0 Å². The molecule has 1 N–H and O–H groups in total. The van der Waals surface area contributed by atoms with Crippen LogP contribution in [0.2, 0.25) is 5.02 Å². The van der Waals surface area contributed by atoms with Gasteiger partial charge in [-0.15, -0.1) is 0 Å². The highest BCUT2D eigenvalue weighted by Gasteiger charge is 2.35. The summed E-state index contributed by atoms with van der Waals surface area (Å²) < 4.78 is 13.8. The number of benzene rings is 2.